The molecule has 0 spiro atoms. The van der Waals surface area contributed by atoms with Gasteiger partial charge in [-0.1, -0.05) is 36.4 Å². The predicted molar refractivity (Wildman–Crippen MR) is 55.2 cm³/mol. The summed E-state index contributed by atoms with van der Waals surface area (Å²) < 4.78 is 5.52. The Hall–Kier alpha value is -0.863. The van der Waals surface area contributed by atoms with Gasteiger partial charge in [0, 0.05) is 10.2 Å². The van der Waals surface area contributed by atoms with E-state index in [1.54, 1.807) is 0 Å². The van der Waals surface area contributed by atoms with E-state index in [4.69, 9.17) is 4.74 Å². The van der Waals surface area contributed by atoms with E-state index in [1.807, 2.05) is 24.3 Å². The van der Waals surface area contributed by atoms with Crippen molar-refractivity contribution in [1.29, 1.82) is 0 Å². The van der Waals surface area contributed by atoms with E-state index in [1.165, 1.54) is 5.56 Å². The van der Waals surface area contributed by atoms with Crippen LogP contribution >= 0.6 is 0 Å². The van der Waals surface area contributed by atoms with Crippen molar-refractivity contribution in [2.45, 2.75) is 12.3 Å². The summed E-state index contributed by atoms with van der Waals surface area (Å²) in [6, 6.07) is 10.2. The van der Waals surface area contributed by atoms with Crippen LogP contribution in [0.15, 0.2) is 43.0 Å². The minimum atomic E-state index is 0.269. The zero-order chi connectivity index (χ0) is 8.81. The summed E-state index contributed by atoms with van der Waals surface area (Å²) in [7, 11) is 1.01. The van der Waals surface area contributed by atoms with Crippen LogP contribution in [0.2, 0.25) is 0 Å². The molecule has 1 rings (SSSR count). The van der Waals surface area contributed by atoms with Gasteiger partial charge in [0.1, 0.15) is 0 Å². The maximum absolute atomic E-state index is 5.52. The highest BCUT2D eigenvalue weighted by Crippen LogP contribution is 2.01. The van der Waals surface area contributed by atoms with E-state index in [2.05, 4.69) is 18.7 Å². The van der Waals surface area contributed by atoms with Crippen molar-refractivity contribution in [3.8, 4) is 0 Å². The topological polar surface area (TPSA) is 9.23 Å². The first-order valence-corrected chi connectivity index (χ1v) is 5.26. The first kappa shape index (κ1) is 9.23. The average molecular weight is 178 g/mol. The van der Waals surface area contributed by atoms with Crippen molar-refractivity contribution in [2.75, 3.05) is 0 Å². The molecule has 0 aromatic heterocycles. The average Bonchev–Trinajstić information content (AvgIpc) is 2.16. The van der Waals surface area contributed by atoms with Crippen LogP contribution in [0.4, 0.5) is 0 Å². The molecule has 0 aliphatic rings. The SMILES string of the molecule is C=CC([SiH3])OCc1ccccc1. The van der Waals surface area contributed by atoms with Crippen LogP contribution in [0.3, 0.4) is 0 Å². The molecular formula is C10H14OSi. The Morgan fingerprint density at radius 1 is 1.42 bits per heavy atom. The van der Waals surface area contributed by atoms with Crippen molar-refractivity contribution in [1.82, 2.24) is 0 Å². The molecule has 1 nitrogen and oxygen atoms in total. The molecular weight excluding hydrogens is 164 g/mol. The summed E-state index contributed by atoms with van der Waals surface area (Å²) in [5.74, 6) is 0. The van der Waals surface area contributed by atoms with Crippen molar-refractivity contribution < 1.29 is 4.74 Å². The molecule has 0 heterocycles. The molecule has 64 valence electrons. The van der Waals surface area contributed by atoms with Crippen LogP contribution < -0.4 is 0 Å². The van der Waals surface area contributed by atoms with Crippen LogP contribution in [0.1, 0.15) is 5.56 Å². The summed E-state index contributed by atoms with van der Waals surface area (Å²) in [6.45, 7) is 4.38. The maximum atomic E-state index is 5.52. The van der Waals surface area contributed by atoms with E-state index in [0.29, 0.717) is 6.61 Å². The fourth-order valence-corrected chi connectivity index (χ4v) is 1.04. The van der Waals surface area contributed by atoms with Crippen LogP contribution in [0.25, 0.3) is 0 Å². The van der Waals surface area contributed by atoms with Gasteiger partial charge in [-0.15, -0.1) is 6.58 Å². The highest BCUT2D eigenvalue weighted by molar-refractivity contribution is 6.12. The van der Waals surface area contributed by atoms with Crippen LogP contribution in [-0.2, 0) is 11.3 Å². The van der Waals surface area contributed by atoms with Gasteiger partial charge in [0.05, 0.1) is 12.3 Å². The number of hydrogen-bond acceptors (Lipinski definition) is 1. The minimum Gasteiger partial charge on any atom is -0.374 e. The van der Waals surface area contributed by atoms with Gasteiger partial charge >= 0.3 is 0 Å². The maximum Gasteiger partial charge on any atom is 0.0720 e. The van der Waals surface area contributed by atoms with E-state index in [9.17, 15) is 0 Å². The Bertz CT molecular complexity index is 233. The molecule has 0 aliphatic carbocycles. The molecule has 1 aromatic rings. The number of benzene rings is 1. The summed E-state index contributed by atoms with van der Waals surface area (Å²) >= 11 is 0. The quantitative estimate of drug-likeness (QED) is 0.495. The zero-order valence-corrected chi connectivity index (χ0v) is 9.36. The van der Waals surface area contributed by atoms with Crippen LogP contribution in [0, 0.1) is 0 Å². The summed E-state index contributed by atoms with van der Waals surface area (Å²) in [5, 5.41) is 0. The standard InChI is InChI=1S/C10H14OSi/c1-2-10(12)11-8-9-6-4-3-5-7-9/h2-7,10H,1,8H2,12H3. The Morgan fingerprint density at radius 3 is 2.67 bits per heavy atom. The van der Waals surface area contributed by atoms with Crippen LogP contribution in [-0.4, -0.2) is 16.0 Å². The predicted octanol–water partition coefficient (Wildman–Crippen LogP) is 1.08. The lowest BCUT2D eigenvalue weighted by Crippen LogP contribution is -2.08. The highest BCUT2D eigenvalue weighted by atomic mass is 28.1. The molecule has 1 aromatic carbocycles. The third-order valence-corrected chi connectivity index (χ3v) is 2.49. The molecule has 0 saturated heterocycles. The van der Waals surface area contributed by atoms with Gasteiger partial charge in [-0.05, 0) is 5.56 Å². The second-order valence-corrected chi connectivity index (χ2v) is 3.88. The molecule has 0 bridgehead atoms. The van der Waals surface area contributed by atoms with Crippen molar-refractivity contribution >= 4 is 10.2 Å². The van der Waals surface area contributed by atoms with Crippen LogP contribution in [0.5, 0.6) is 0 Å². The lowest BCUT2D eigenvalue weighted by atomic mass is 10.2. The zero-order valence-electron chi connectivity index (χ0n) is 7.36. The number of hydrogen-bond donors (Lipinski definition) is 0. The Balaban J connectivity index is 2.38. The Labute approximate surface area is 76.5 Å². The van der Waals surface area contributed by atoms with Crippen molar-refractivity contribution in [3.05, 3.63) is 48.6 Å². The lowest BCUT2D eigenvalue weighted by molar-refractivity contribution is 0.122. The van der Waals surface area contributed by atoms with Gasteiger partial charge in [-0.25, -0.2) is 0 Å². The molecule has 0 radical (unpaired) electrons. The lowest BCUT2D eigenvalue weighted by Gasteiger charge is -2.07. The normalized spacial score (nSPS) is 12.7. The van der Waals surface area contributed by atoms with Gasteiger partial charge in [0.25, 0.3) is 0 Å². The summed E-state index contributed by atoms with van der Waals surface area (Å²) in [4.78, 5) is 0. The first-order valence-electron chi connectivity index (χ1n) is 4.11. The second-order valence-electron chi connectivity index (χ2n) is 2.74. The monoisotopic (exact) mass is 178 g/mol. The molecule has 0 amide bonds. The largest absolute Gasteiger partial charge is 0.374 e. The third kappa shape index (κ3) is 3.03. The molecule has 1 atom stereocenters. The van der Waals surface area contributed by atoms with E-state index in [-0.39, 0.29) is 5.73 Å². The van der Waals surface area contributed by atoms with Crippen molar-refractivity contribution in [3.63, 3.8) is 0 Å². The fourth-order valence-electron chi connectivity index (χ4n) is 0.870. The van der Waals surface area contributed by atoms with Crippen molar-refractivity contribution in [2.24, 2.45) is 0 Å². The van der Waals surface area contributed by atoms with E-state index >= 15 is 0 Å². The van der Waals surface area contributed by atoms with Gasteiger partial charge in [-0.3, -0.25) is 0 Å². The molecule has 12 heavy (non-hydrogen) atoms. The molecule has 0 N–H and O–H groups in total. The minimum absolute atomic E-state index is 0.269. The molecule has 0 saturated carbocycles. The van der Waals surface area contributed by atoms with Gasteiger partial charge in [-0.2, -0.15) is 0 Å². The Morgan fingerprint density at radius 2 is 2.08 bits per heavy atom. The van der Waals surface area contributed by atoms with E-state index in [0.717, 1.165) is 10.2 Å². The molecule has 0 fully saturated rings. The summed E-state index contributed by atoms with van der Waals surface area (Å²) in [5.41, 5.74) is 1.49. The van der Waals surface area contributed by atoms with E-state index < -0.39 is 0 Å². The number of ether oxygens (including phenoxy) is 1. The smallest absolute Gasteiger partial charge is 0.0720 e. The Kier molecular flexibility index (Phi) is 3.77. The second kappa shape index (κ2) is 4.90. The van der Waals surface area contributed by atoms with Gasteiger partial charge < -0.3 is 4.74 Å². The number of rotatable bonds is 4. The third-order valence-electron chi connectivity index (χ3n) is 1.69. The molecule has 0 aliphatic heterocycles. The molecule has 2 heteroatoms. The highest BCUT2D eigenvalue weighted by Gasteiger charge is 1.95. The fraction of sp³-hybridized carbons (Fsp3) is 0.200. The van der Waals surface area contributed by atoms with Gasteiger partial charge in [0.2, 0.25) is 0 Å². The molecule has 1 unspecified atom stereocenters. The summed E-state index contributed by atoms with van der Waals surface area (Å²) in [6.07, 6.45) is 1.86. The first-order chi connectivity index (χ1) is 5.83. The van der Waals surface area contributed by atoms with Gasteiger partial charge in [0.15, 0.2) is 0 Å².